The molecule has 0 spiro atoms. The number of carbonyl (C=O) groups excluding carboxylic acids is 2. The number of nitrogens with zero attached hydrogens (tertiary/aromatic N) is 3. The number of carbonyl (C=O) groups is 2. The van der Waals surface area contributed by atoms with Crippen molar-refractivity contribution in [3.05, 3.63) is 64.2 Å². The smallest absolute Gasteiger partial charge is 0.271 e. The van der Waals surface area contributed by atoms with E-state index in [0.717, 1.165) is 22.2 Å². The fourth-order valence-corrected chi connectivity index (χ4v) is 4.19. The van der Waals surface area contributed by atoms with Crippen molar-refractivity contribution in [1.29, 1.82) is 0 Å². The summed E-state index contributed by atoms with van der Waals surface area (Å²) in [6.45, 7) is 3.26. The van der Waals surface area contributed by atoms with Gasteiger partial charge >= 0.3 is 0 Å². The molecule has 0 unspecified atom stereocenters. The van der Waals surface area contributed by atoms with Crippen LogP contribution in [0.15, 0.2) is 48.5 Å². The van der Waals surface area contributed by atoms with Crippen molar-refractivity contribution in [3.8, 4) is 5.75 Å². The zero-order valence-corrected chi connectivity index (χ0v) is 20.9. The van der Waals surface area contributed by atoms with E-state index in [9.17, 15) is 28.1 Å². The molecule has 0 saturated carbocycles. The van der Waals surface area contributed by atoms with Gasteiger partial charge in [0, 0.05) is 25.2 Å². The molecule has 0 saturated heterocycles. The third-order valence-corrected chi connectivity index (χ3v) is 6.36. The first-order valence-electron chi connectivity index (χ1n) is 10.9. The van der Waals surface area contributed by atoms with E-state index in [2.05, 4.69) is 5.32 Å². The van der Waals surface area contributed by atoms with Gasteiger partial charge in [-0.15, -0.1) is 0 Å². The van der Waals surface area contributed by atoms with Gasteiger partial charge in [-0.05, 0) is 25.0 Å². The third kappa shape index (κ3) is 7.41. The van der Waals surface area contributed by atoms with E-state index in [4.69, 9.17) is 4.74 Å². The molecule has 0 aliphatic heterocycles. The van der Waals surface area contributed by atoms with Gasteiger partial charge in [0.2, 0.25) is 21.8 Å². The van der Waals surface area contributed by atoms with Crippen LogP contribution in [0.2, 0.25) is 0 Å². The zero-order valence-electron chi connectivity index (χ0n) is 20.1. The highest BCUT2D eigenvalue weighted by Crippen LogP contribution is 2.33. The number of ether oxygens (including phenoxy) is 1. The molecule has 0 aromatic heterocycles. The second kappa shape index (κ2) is 12.2. The van der Waals surface area contributed by atoms with E-state index in [1.165, 1.54) is 24.1 Å². The Bertz CT molecular complexity index is 1160. The van der Waals surface area contributed by atoms with Gasteiger partial charge in [0.25, 0.3) is 5.69 Å². The number of amides is 2. The van der Waals surface area contributed by atoms with Crippen LogP contribution in [0.5, 0.6) is 5.75 Å². The molecule has 0 fully saturated rings. The SMILES string of the molecule is CCCNC(=O)[C@@H](C)N(Cc1ccccc1)C(=O)CN(c1cc([N+](=O)[O-])ccc1OC)S(C)(=O)=O. The van der Waals surface area contributed by atoms with Gasteiger partial charge in [0.1, 0.15) is 24.0 Å². The molecule has 2 aromatic carbocycles. The maximum Gasteiger partial charge on any atom is 0.271 e. The van der Waals surface area contributed by atoms with Crippen molar-refractivity contribution < 1.29 is 27.7 Å². The number of nitro groups is 1. The second-order valence-electron chi connectivity index (χ2n) is 7.86. The predicted molar refractivity (Wildman–Crippen MR) is 132 cm³/mol. The Balaban J connectivity index is 2.48. The molecule has 2 rings (SSSR count). The summed E-state index contributed by atoms with van der Waals surface area (Å²) in [7, 11) is -2.79. The molecule has 0 aliphatic rings. The van der Waals surface area contributed by atoms with Gasteiger partial charge in [-0.3, -0.25) is 24.0 Å². The monoisotopic (exact) mass is 506 g/mol. The number of nitro benzene ring substituents is 1. The lowest BCUT2D eigenvalue weighted by molar-refractivity contribution is -0.384. The maximum atomic E-state index is 13.5. The second-order valence-corrected chi connectivity index (χ2v) is 9.76. The van der Waals surface area contributed by atoms with E-state index in [1.807, 2.05) is 13.0 Å². The van der Waals surface area contributed by atoms with Crippen molar-refractivity contribution >= 4 is 33.2 Å². The minimum Gasteiger partial charge on any atom is -0.495 e. The summed E-state index contributed by atoms with van der Waals surface area (Å²) < 4.78 is 31.3. The lowest BCUT2D eigenvalue weighted by Gasteiger charge is -2.31. The molecule has 2 aromatic rings. The normalized spacial score (nSPS) is 11.9. The van der Waals surface area contributed by atoms with Gasteiger partial charge in [-0.25, -0.2) is 8.42 Å². The molecular formula is C23H30N4O7S. The van der Waals surface area contributed by atoms with Gasteiger partial charge in [-0.1, -0.05) is 37.3 Å². The maximum absolute atomic E-state index is 13.5. The van der Waals surface area contributed by atoms with Gasteiger partial charge in [-0.2, -0.15) is 0 Å². The summed E-state index contributed by atoms with van der Waals surface area (Å²) in [5, 5.41) is 14.0. The minimum atomic E-state index is -4.07. The van der Waals surface area contributed by atoms with Crippen LogP contribution in [0.1, 0.15) is 25.8 Å². The summed E-state index contributed by atoms with van der Waals surface area (Å²) >= 11 is 0. The Kier molecular flexibility index (Phi) is 9.58. The number of nitrogens with one attached hydrogen (secondary N) is 1. The minimum absolute atomic E-state index is 0.0390. The molecule has 1 atom stereocenters. The lowest BCUT2D eigenvalue weighted by atomic mass is 10.1. The van der Waals surface area contributed by atoms with E-state index < -0.39 is 33.4 Å². The molecule has 35 heavy (non-hydrogen) atoms. The first kappa shape index (κ1) is 27.6. The highest BCUT2D eigenvalue weighted by molar-refractivity contribution is 7.92. The van der Waals surface area contributed by atoms with Crippen LogP contribution in [0.4, 0.5) is 11.4 Å². The number of anilines is 1. The van der Waals surface area contributed by atoms with E-state index in [0.29, 0.717) is 13.0 Å². The Labute approximate surface area is 204 Å². The average Bonchev–Trinajstić information content (AvgIpc) is 2.83. The number of hydrogen-bond donors (Lipinski definition) is 1. The molecule has 0 aliphatic carbocycles. The summed E-state index contributed by atoms with van der Waals surface area (Å²) in [5.74, 6) is -1.00. The van der Waals surface area contributed by atoms with Crippen LogP contribution in [0, 0.1) is 10.1 Å². The number of sulfonamides is 1. The first-order valence-corrected chi connectivity index (χ1v) is 12.8. The lowest BCUT2D eigenvalue weighted by Crippen LogP contribution is -2.51. The van der Waals surface area contributed by atoms with Gasteiger partial charge in [0.15, 0.2) is 0 Å². The molecule has 0 radical (unpaired) electrons. The highest BCUT2D eigenvalue weighted by Gasteiger charge is 2.31. The quantitative estimate of drug-likeness (QED) is 0.344. The fourth-order valence-electron chi connectivity index (χ4n) is 3.34. The number of benzene rings is 2. The summed E-state index contributed by atoms with van der Waals surface area (Å²) in [6.07, 6.45) is 1.59. The third-order valence-electron chi connectivity index (χ3n) is 5.23. The van der Waals surface area contributed by atoms with Gasteiger partial charge in [0.05, 0.1) is 18.3 Å². The van der Waals surface area contributed by atoms with Crippen molar-refractivity contribution in [2.24, 2.45) is 0 Å². The Morgan fingerprint density at radius 2 is 1.83 bits per heavy atom. The fraction of sp³-hybridized carbons (Fsp3) is 0.391. The van der Waals surface area contributed by atoms with E-state index in [-0.39, 0.29) is 29.6 Å². The van der Waals surface area contributed by atoms with Crippen molar-refractivity contribution in [2.45, 2.75) is 32.9 Å². The number of methoxy groups -OCH3 is 1. The van der Waals surface area contributed by atoms with Crippen LogP contribution >= 0.6 is 0 Å². The number of hydrogen-bond acceptors (Lipinski definition) is 7. The molecule has 1 N–H and O–H groups in total. The van der Waals surface area contributed by atoms with E-state index in [1.54, 1.807) is 31.2 Å². The standard InChI is InChI=1S/C23H30N4O7S/c1-5-13-24-23(29)17(2)25(15-18-9-7-6-8-10-18)22(28)16-26(35(4,32)33)20-14-19(27(30)31)11-12-21(20)34-3/h6-12,14,17H,5,13,15-16H2,1-4H3,(H,24,29)/t17-/m1/s1. The molecule has 190 valence electrons. The van der Waals surface area contributed by atoms with Crippen molar-refractivity contribution in [3.63, 3.8) is 0 Å². The zero-order chi connectivity index (χ0) is 26.2. The summed E-state index contributed by atoms with van der Waals surface area (Å²) in [6, 6.07) is 11.5. The highest BCUT2D eigenvalue weighted by atomic mass is 32.2. The molecular weight excluding hydrogens is 476 g/mol. The van der Waals surface area contributed by atoms with Crippen LogP contribution in [-0.4, -0.2) is 62.6 Å². The largest absolute Gasteiger partial charge is 0.495 e. The van der Waals surface area contributed by atoms with Gasteiger partial charge < -0.3 is 15.0 Å². The van der Waals surface area contributed by atoms with Crippen LogP contribution in [0.25, 0.3) is 0 Å². The van der Waals surface area contributed by atoms with Crippen molar-refractivity contribution in [1.82, 2.24) is 10.2 Å². The summed E-state index contributed by atoms with van der Waals surface area (Å²) in [5.41, 5.74) is 0.227. The Hall–Kier alpha value is -3.67. The molecule has 11 nitrogen and oxygen atoms in total. The molecule has 0 heterocycles. The van der Waals surface area contributed by atoms with Crippen molar-refractivity contribution in [2.75, 3.05) is 30.8 Å². The summed E-state index contributed by atoms with van der Waals surface area (Å²) in [4.78, 5) is 38.1. The molecule has 12 heteroatoms. The number of non-ortho nitro benzene ring substituents is 1. The first-order chi connectivity index (χ1) is 16.5. The van der Waals surface area contributed by atoms with E-state index >= 15 is 0 Å². The Morgan fingerprint density at radius 3 is 2.37 bits per heavy atom. The Morgan fingerprint density at radius 1 is 1.17 bits per heavy atom. The van der Waals surface area contributed by atoms with Crippen LogP contribution in [-0.2, 0) is 26.2 Å². The topological polar surface area (TPSA) is 139 Å². The average molecular weight is 507 g/mol. The van der Waals surface area contributed by atoms with Crippen LogP contribution < -0.4 is 14.4 Å². The molecule has 0 bridgehead atoms. The molecule has 2 amide bonds. The predicted octanol–water partition coefficient (Wildman–Crippen LogP) is 2.31. The number of rotatable bonds is 12. The van der Waals surface area contributed by atoms with Crippen LogP contribution in [0.3, 0.4) is 0 Å².